The smallest absolute Gasteiger partial charge is 0.329 e. The average Bonchev–Trinajstić information content (AvgIpc) is 2.83. The third kappa shape index (κ3) is 7.91. The van der Waals surface area contributed by atoms with Crippen molar-refractivity contribution in [1.29, 1.82) is 0 Å². The molecule has 3 amide bonds. The number of aromatic nitrogens is 1. The van der Waals surface area contributed by atoms with Gasteiger partial charge in [0.1, 0.15) is 23.5 Å². The van der Waals surface area contributed by atoms with Crippen molar-refractivity contribution in [3.63, 3.8) is 0 Å². The summed E-state index contributed by atoms with van der Waals surface area (Å²) >= 11 is 5.59. The van der Waals surface area contributed by atoms with Crippen LogP contribution in [0.15, 0.2) is 41.0 Å². The number of rotatable bonds is 5. The quantitative estimate of drug-likeness (QED) is 0.158. The van der Waals surface area contributed by atoms with E-state index in [-0.39, 0.29) is 36.7 Å². The summed E-state index contributed by atoms with van der Waals surface area (Å²) in [7, 11) is 0. The number of nitrogens with zero attached hydrogens (tertiary/aromatic N) is 1. The van der Waals surface area contributed by atoms with Gasteiger partial charge in [-0.25, -0.2) is 9.78 Å². The molecule has 2 rings (SSSR count). The Morgan fingerprint density at radius 2 is 2.00 bits per heavy atom. The highest BCUT2D eigenvalue weighted by atomic mass is 32.2. The highest BCUT2D eigenvalue weighted by Gasteiger charge is 2.26. The largest absolute Gasteiger partial charge is 0.456 e. The summed E-state index contributed by atoms with van der Waals surface area (Å²) < 4.78 is 5.55. The second-order valence-corrected chi connectivity index (χ2v) is 8.63. The lowest BCUT2D eigenvalue weighted by molar-refractivity contribution is -0.151. The lowest BCUT2D eigenvalue weighted by Crippen LogP contribution is -2.46. The molecule has 0 fully saturated rings. The summed E-state index contributed by atoms with van der Waals surface area (Å²) in [6.45, 7) is 3.40. The van der Waals surface area contributed by atoms with Crippen LogP contribution in [0.3, 0.4) is 0 Å². The number of thioether (sulfide) groups is 1. The molecule has 0 spiro atoms. The zero-order valence-electron chi connectivity index (χ0n) is 19.4. The first-order chi connectivity index (χ1) is 16.3. The molecule has 2 atom stereocenters. The van der Waals surface area contributed by atoms with Crippen LogP contribution in [0.25, 0.3) is 0 Å². The van der Waals surface area contributed by atoms with Crippen LogP contribution in [0.1, 0.15) is 49.3 Å². The van der Waals surface area contributed by atoms with E-state index in [1.54, 1.807) is 38.1 Å². The third-order valence-electron chi connectivity index (χ3n) is 4.92. The normalized spacial score (nSPS) is 21.7. The Morgan fingerprint density at radius 3 is 2.65 bits per heavy atom. The predicted molar refractivity (Wildman–Crippen MR) is 133 cm³/mol. The van der Waals surface area contributed by atoms with E-state index in [1.807, 2.05) is 6.26 Å². The first-order valence-corrected chi connectivity index (χ1v) is 12.8. The number of carbonyl (C=O) groups excluding carboxylic acids is 4. The molecule has 0 radical (unpaired) electrons. The fourth-order valence-corrected chi connectivity index (χ4v) is 3.78. The van der Waals surface area contributed by atoms with Gasteiger partial charge in [-0.1, -0.05) is 19.1 Å². The molecule has 0 saturated heterocycles. The number of fused-ring (bicyclic) bond motifs is 2. The number of thiol groups is 1. The highest BCUT2D eigenvalue weighted by Crippen LogP contribution is 2.19. The molecule has 1 aliphatic rings. The van der Waals surface area contributed by atoms with Gasteiger partial charge in [-0.05, 0) is 50.0 Å². The van der Waals surface area contributed by atoms with Gasteiger partial charge in [0.05, 0.1) is 18.7 Å². The Balaban J connectivity index is 2.42. The van der Waals surface area contributed by atoms with Crippen molar-refractivity contribution in [3.05, 3.63) is 47.4 Å². The summed E-state index contributed by atoms with van der Waals surface area (Å²) in [5, 5.41) is 7.91. The first-order valence-electron chi connectivity index (χ1n) is 10.9. The number of esters is 1. The molecule has 1 aliphatic heterocycles. The van der Waals surface area contributed by atoms with Crippen molar-refractivity contribution in [2.24, 2.45) is 0 Å². The summed E-state index contributed by atoms with van der Waals surface area (Å²) in [6.07, 6.45) is 6.73. The SMILES string of the molecule is C/C=C1\NC(=O)c2ccc(SC)c(n2)CNC(=O)C[C@@H](/C=C/CCS)OC(=O)[C@H](CC)NC1=O. The van der Waals surface area contributed by atoms with Crippen molar-refractivity contribution in [1.82, 2.24) is 20.9 Å². The zero-order valence-corrected chi connectivity index (χ0v) is 21.1. The molecule has 34 heavy (non-hydrogen) atoms. The van der Waals surface area contributed by atoms with E-state index in [0.717, 1.165) is 4.90 Å². The Kier molecular flexibility index (Phi) is 11.1. The van der Waals surface area contributed by atoms with Crippen LogP contribution < -0.4 is 16.0 Å². The van der Waals surface area contributed by atoms with E-state index < -0.39 is 29.9 Å². The number of nitrogens with one attached hydrogen (secondary N) is 3. The molecule has 11 heteroatoms. The number of hydrogen-bond donors (Lipinski definition) is 4. The highest BCUT2D eigenvalue weighted by molar-refractivity contribution is 7.98. The second kappa shape index (κ2) is 13.8. The molecule has 0 unspecified atom stereocenters. The molecule has 1 aromatic heterocycles. The fourth-order valence-electron chi connectivity index (χ4n) is 3.08. The molecular weight excluding hydrogens is 476 g/mol. The minimum atomic E-state index is -0.957. The van der Waals surface area contributed by atoms with Crippen LogP contribution in [0.4, 0.5) is 0 Å². The van der Waals surface area contributed by atoms with Crippen LogP contribution >= 0.6 is 24.4 Å². The molecule has 9 nitrogen and oxygen atoms in total. The molecule has 0 aromatic carbocycles. The Bertz CT molecular complexity index is 980. The number of carbonyl (C=O) groups is 4. The van der Waals surface area contributed by atoms with Gasteiger partial charge < -0.3 is 20.7 Å². The monoisotopic (exact) mass is 506 g/mol. The van der Waals surface area contributed by atoms with Gasteiger partial charge in [-0.3, -0.25) is 14.4 Å². The Hall–Kier alpha value is -2.79. The number of cyclic esters (lactones) is 1. The molecular formula is C23H30N4O5S2. The summed E-state index contributed by atoms with van der Waals surface area (Å²) in [5.41, 5.74) is 0.594. The number of pyridine rings is 1. The molecule has 184 valence electrons. The van der Waals surface area contributed by atoms with Gasteiger partial charge in [0.25, 0.3) is 11.8 Å². The Morgan fingerprint density at radius 1 is 1.24 bits per heavy atom. The van der Waals surface area contributed by atoms with Gasteiger partial charge in [0, 0.05) is 4.90 Å². The number of amides is 3. The first kappa shape index (κ1) is 27.5. The van der Waals surface area contributed by atoms with Crippen molar-refractivity contribution in [2.45, 2.75) is 56.7 Å². The van der Waals surface area contributed by atoms with Gasteiger partial charge in [-0.15, -0.1) is 11.8 Å². The standard InChI is InChI=1S/C23H30N4O5S2/c1-4-15-21(29)27-16(5-2)23(31)32-14(8-6-7-11-33)12-20(28)24-13-18-19(34-3)10-9-17(25-18)22(30)26-15/h4,6,8-10,14,16,33H,5,7,11-13H2,1-3H3,(H,24,28)(H,26,30)(H,27,29)/b8-6+,15-4-/t14-,16+/m1/s1. The minimum Gasteiger partial charge on any atom is -0.456 e. The van der Waals surface area contributed by atoms with Crippen molar-refractivity contribution >= 4 is 48.1 Å². The minimum absolute atomic E-state index is 0.0147. The van der Waals surface area contributed by atoms with Crippen molar-refractivity contribution in [2.75, 3.05) is 12.0 Å². The molecule has 1 aromatic rings. The van der Waals surface area contributed by atoms with Crippen LogP contribution in [0, 0.1) is 0 Å². The maximum Gasteiger partial charge on any atom is 0.329 e. The molecule has 0 aliphatic carbocycles. The maximum absolute atomic E-state index is 12.8. The third-order valence-corrected chi connectivity index (χ3v) is 5.99. The Labute approximate surface area is 209 Å². The predicted octanol–water partition coefficient (Wildman–Crippen LogP) is 2.14. The molecule has 2 bridgehead atoms. The summed E-state index contributed by atoms with van der Waals surface area (Å²) in [5.74, 6) is -1.63. The van der Waals surface area contributed by atoms with Crippen molar-refractivity contribution < 1.29 is 23.9 Å². The lowest BCUT2D eigenvalue weighted by atomic mass is 10.1. The number of allylic oxidation sites excluding steroid dienone is 2. The zero-order chi connectivity index (χ0) is 25.1. The van der Waals surface area contributed by atoms with Crippen LogP contribution in [-0.2, 0) is 25.7 Å². The van der Waals surface area contributed by atoms with E-state index in [9.17, 15) is 19.2 Å². The van der Waals surface area contributed by atoms with Gasteiger partial charge in [-0.2, -0.15) is 12.6 Å². The summed E-state index contributed by atoms with van der Waals surface area (Å²) in [4.78, 5) is 56.1. The van der Waals surface area contributed by atoms with E-state index in [2.05, 4.69) is 33.6 Å². The van der Waals surface area contributed by atoms with Crippen LogP contribution in [0.5, 0.6) is 0 Å². The lowest BCUT2D eigenvalue weighted by Gasteiger charge is -2.21. The number of ether oxygens (including phenoxy) is 1. The number of hydrogen-bond acceptors (Lipinski definition) is 8. The van der Waals surface area contributed by atoms with E-state index in [0.29, 0.717) is 17.9 Å². The van der Waals surface area contributed by atoms with Gasteiger partial charge in [0.15, 0.2) is 0 Å². The van der Waals surface area contributed by atoms with E-state index in [4.69, 9.17) is 4.74 Å². The van der Waals surface area contributed by atoms with E-state index in [1.165, 1.54) is 17.8 Å². The van der Waals surface area contributed by atoms with E-state index >= 15 is 0 Å². The van der Waals surface area contributed by atoms with Gasteiger partial charge >= 0.3 is 5.97 Å². The molecule has 3 N–H and O–H groups in total. The second-order valence-electron chi connectivity index (χ2n) is 7.33. The fraction of sp³-hybridized carbons (Fsp3) is 0.435. The average molecular weight is 507 g/mol. The van der Waals surface area contributed by atoms with Crippen LogP contribution in [0.2, 0.25) is 0 Å². The van der Waals surface area contributed by atoms with Gasteiger partial charge in [0.2, 0.25) is 5.91 Å². The maximum atomic E-state index is 12.8. The molecule has 0 saturated carbocycles. The van der Waals surface area contributed by atoms with Crippen molar-refractivity contribution in [3.8, 4) is 0 Å². The van der Waals surface area contributed by atoms with Crippen LogP contribution in [-0.4, -0.2) is 52.8 Å². The molecule has 2 heterocycles. The topological polar surface area (TPSA) is 126 Å². The summed E-state index contributed by atoms with van der Waals surface area (Å²) in [6, 6.07) is 2.33.